The third-order valence-electron chi connectivity index (χ3n) is 11.4. The molecule has 3 aromatic carbocycles. The molecule has 2 aliphatic heterocycles. The minimum Gasteiger partial charge on any atom is -0.453 e. The summed E-state index contributed by atoms with van der Waals surface area (Å²) in [4.78, 5) is 34.2. The van der Waals surface area contributed by atoms with Crippen LogP contribution in [0.4, 0.5) is 5.69 Å². The number of halogens is 1. The van der Waals surface area contributed by atoms with Crippen molar-refractivity contribution in [1.82, 2.24) is 28.9 Å². The van der Waals surface area contributed by atoms with Gasteiger partial charge in [0.2, 0.25) is 5.91 Å². The van der Waals surface area contributed by atoms with Crippen LogP contribution in [-0.2, 0) is 32.5 Å². The van der Waals surface area contributed by atoms with Crippen LogP contribution in [0.5, 0.6) is 0 Å². The smallest absolute Gasteiger partial charge is 0.329 e. The topological polar surface area (TPSA) is 165 Å². The number of aromatic nitrogens is 4. The van der Waals surface area contributed by atoms with Gasteiger partial charge < -0.3 is 34.0 Å². The van der Waals surface area contributed by atoms with E-state index in [0.717, 1.165) is 66.3 Å². The number of fused-ring (bicyclic) bond motifs is 1. The van der Waals surface area contributed by atoms with Gasteiger partial charge in [0.25, 0.3) is 0 Å². The minimum atomic E-state index is -1.11. The lowest BCUT2D eigenvalue weighted by atomic mass is 10.0. The number of anilines is 1. The van der Waals surface area contributed by atoms with Crippen LogP contribution in [0.15, 0.2) is 94.4 Å². The Labute approximate surface area is 358 Å². The highest BCUT2D eigenvalue weighted by Crippen LogP contribution is 2.33. The summed E-state index contributed by atoms with van der Waals surface area (Å²) in [5.74, 6) is 1.77. The molecule has 2 saturated heterocycles. The Hall–Kier alpha value is -5.73. The second-order valence-electron chi connectivity index (χ2n) is 15.1. The Kier molecular flexibility index (Phi) is 13.3. The molecule has 0 radical (unpaired) electrons. The van der Waals surface area contributed by atoms with Gasteiger partial charge in [0.1, 0.15) is 12.0 Å². The fraction of sp³-hybridized carbons (Fsp3) is 0.378. The van der Waals surface area contributed by atoms with E-state index in [1.54, 1.807) is 34.5 Å². The summed E-state index contributed by atoms with van der Waals surface area (Å²) >= 11 is 6.89. The monoisotopic (exact) mass is 848 g/mol. The van der Waals surface area contributed by atoms with Crippen LogP contribution in [0.25, 0.3) is 39.6 Å². The molecule has 5 heterocycles. The Morgan fingerprint density at radius 2 is 1.66 bits per heavy atom. The number of benzene rings is 3. The van der Waals surface area contributed by atoms with Crippen LogP contribution in [-0.4, -0.2) is 113 Å². The van der Waals surface area contributed by atoms with Crippen molar-refractivity contribution in [2.45, 2.75) is 31.5 Å². The number of piperidine rings is 1. The highest BCUT2D eigenvalue weighted by molar-refractivity contribution is 6.33. The fourth-order valence-electron chi connectivity index (χ4n) is 8.13. The number of para-hydroxylation sites is 1. The maximum atomic E-state index is 13.2. The van der Waals surface area contributed by atoms with E-state index in [2.05, 4.69) is 32.2 Å². The number of piperazine rings is 1. The first-order chi connectivity index (χ1) is 29.8. The largest absolute Gasteiger partial charge is 0.453 e. The van der Waals surface area contributed by atoms with E-state index in [0.29, 0.717) is 80.4 Å². The molecule has 15 nitrogen and oxygen atoms in total. The highest BCUT2D eigenvalue weighted by Gasteiger charge is 2.32. The Morgan fingerprint density at radius 1 is 0.918 bits per heavy atom. The molecule has 1 amide bonds. The van der Waals surface area contributed by atoms with Crippen LogP contribution in [0, 0.1) is 11.3 Å². The summed E-state index contributed by atoms with van der Waals surface area (Å²) in [5, 5.41) is 22.8. The number of carbonyl (C=O) groups is 1. The van der Waals surface area contributed by atoms with Gasteiger partial charge in [-0.2, -0.15) is 5.26 Å². The van der Waals surface area contributed by atoms with Crippen LogP contribution in [0.2, 0.25) is 5.02 Å². The first-order valence-electron chi connectivity index (χ1n) is 20.6. The normalized spacial score (nSPS) is 17.2. The van der Waals surface area contributed by atoms with Gasteiger partial charge in [0.15, 0.2) is 11.6 Å². The van der Waals surface area contributed by atoms with Crippen molar-refractivity contribution in [2.75, 3.05) is 77.3 Å². The third kappa shape index (κ3) is 9.45. The van der Waals surface area contributed by atoms with Gasteiger partial charge in [-0.1, -0.05) is 23.7 Å². The molecular formula is C45H49ClN8O7. The SMILES string of the molecule is Cn1c(=O)n(C2CCC(=O)NC2O)c2cccc(CCOCCOCCOCCN3CCN(c4ccc(-n5ccnc5-c5ccc(-c6ccc(C#N)cc6)o5)cc4Cl)CC3)c21. The predicted octanol–water partition coefficient (Wildman–Crippen LogP) is 5.16. The Bertz CT molecular complexity index is 2550. The molecule has 0 bridgehead atoms. The maximum Gasteiger partial charge on any atom is 0.329 e. The van der Waals surface area contributed by atoms with E-state index in [9.17, 15) is 14.7 Å². The van der Waals surface area contributed by atoms with Gasteiger partial charge in [-0.05, 0) is 79.1 Å². The summed E-state index contributed by atoms with van der Waals surface area (Å²) < 4.78 is 28.8. The van der Waals surface area contributed by atoms with Crippen molar-refractivity contribution in [3.05, 3.63) is 112 Å². The van der Waals surface area contributed by atoms with Crippen molar-refractivity contribution in [3.63, 3.8) is 0 Å². The number of hydrogen-bond donors (Lipinski definition) is 2. The number of nitrogens with one attached hydrogen (secondary N) is 1. The number of nitrogens with zero attached hydrogens (tertiary/aromatic N) is 7. The second-order valence-corrected chi connectivity index (χ2v) is 15.5. The third-order valence-corrected chi connectivity index (χ3v) is 11.7. The van der Waals surface area contributed by atoms with Crippen LogP contribution in [0.1, 0.15) is 30.0 Å². The van der Waals surface area contributed by atoms with Crippen LogP contribution < -0.4 is 15.9 Å². The summed E-state index contributed by atoms with van der Waals surface area (Å²) in [7, 11) is 1.73. The number of aliphatic hydroxyl groups is 1. The van der Waals surface area contributed by atoms with E-state index < -0.39 is 12.3 Å². The summed E-state index contributed by atoms with van der Waals surface area (Å²) in [6.45, 7) is 7.33. The Balaban J connectivity index is 0.714. The number of carbonyl (C=O) groups excluding carboxylic acids is 1. The number of aryl methyl sites for hydroxylation is 1. The quantitative estimate of drug-likeness (QED) is 0.117. The molecule has 6 aromatic rings. The summed E-state index contributed by atoms with van der Waals surface area (Å²) in [6, 6.07) is 24.5. The number of nitriles is 1. The standard InChI is InChI=1S/C45H49ClN8O7/c1-50-42-33(3-2-4-37(42)54(45(50)57)38-11-14-41(55)49-44(38)56)15-23-58-25-27-60-28-26-59-24-22-51-18-20-52(21-19-51)36-10-9-34(29-35(36)46)53-17-16-48-43(53)40-13-12-39(61-40)32-7-5-31(30-47)6-8-32/h2-10,12-13,16-17,29,38,44,56H,11,14-15,18-28H2,1H3,(H,49,55). The number of furan rings is 1. The first-order valence-corrected chi connectivity index (χ1v) is 21.0. The Morgan fingerprint density at radius 3 is 2.39 bits per heavy atom. The molecule has 3 aromatic heterocycles. The molecule has 0 saturated carbocycles. The molecule has 2 N–H and O–H groups in total. The predicted molar refractivity (Wildman–Crippen MR) is 231 cm³/mol. The van der Waals surface area contributed by atoms with Gasteiger partial charge in [0, 0.05) is 69.8 Å². The molecule has 8 rings (SSSR count). The van der Waals surface area contributed by atoms with Gasteiger partial charge in [-0.25, -0.2) is 9.78 Å². The number of hydrogen-bond acceptors (Lipinski definition) is 11. The van der Waals surface area contributed by atoms with E-state index in [1.165, 1.54) is 0 Å². The number of ether oxygens (including phenoxy) is 3. The van der Waals surface area contributed by atoms with Crippen molar-refractivity contribution in [3.8, 4) is 34.7 Å². The van der Waals surface area contributed by atoms with E-state index in [-0.39, 0.29) is 18.0 Å². The lowest BCUT2D eigenvalue weighted by Gasteiger charge is -2.36. The number of rotatable bonds is 17. The molecular weight excluding hydrogens is 800 g/mol. The minimum absolute atomic E-state index is 0.216. The lowest BCUT2D eigenvalue weighted by molar-refractivity contribution is -0.128. The molecule has 2 aliphatic rings. The van der Waals surface area contributed by atoms with Crippen LogP contribution in [0.3, 0.4) is 0 Å². The zero-order chi connectivity index (χ0) is 42.3. The van der Waals surface area contributed by atoms with Gasteiger partial charge in [-0.15, -0.1) is 0 Å². The number of aliphatic hydroxyl groups excluding tert-OH is 1. The molecule has 16 heteroatoms. The molecule has 318 valence electrons. The molecule has 2 fully saturated rings. The number of imidazole rings is 2. The lowest BCUT2D eigenvalue weighted by Crippen LogP contribution is -2.47. The van der Waals surface area contributed by atoms with Gasteiger partial charge in [-0.3, -0.25) is 23.4 Å². The van der Waals surface area contributed by atoms with Crippen LogP contribution >= 0.6 is 11.6 Å². The summed E-state index contributed by atoms with van der Waals surface area (Å²) in [6.07, 6.45) is 3.78. The first kappa shape index (κ1) is 42.0. The molecule has 2 unspecified atom stereocenters. The average Bonchev–Trinajstić information content (AvgIpc) is 4.02. The van der Waals surface area contributed by atoms with Crippen molar-refractivity contribution in [2.24, 2.45) is 7.05 Å². The average molecular weight is 849 g/mol. The zero-order valence-corrected chi connectivity index (χ0v) is 34.8. The number of amides is 1. The maximum absolute atomic E-state index is 13.2. The zero-order valence-electron chi connectivity index (χ0n) is 34.0. The van der Waals surface area contributed by atoms with Gasteiger partial charge >= 0.3 is 5.69 Å². The van der Waals surface area contributed by atoms with Crippen molar-refractivity contribution < 1.29 is 28.5 Å². The van der Waals surface area contributed by atoms with E-state index in [4.69, 9.17) is 35.5 Å². The molecule has 0 spiro atoms. The van der Waals surface area contributed by atoms with Gasteiger partial charge in [0.05, 0.1) is 79.1 Å². The fourth-order valence-corrected chi connectivity index (χ4v) is 8.43. The van der Waals surface area contributed by atoms with Crippen molar-refractivity contribution in [1.29, 1.82) is 5.26 Å². The molecule has 61 heavy (non-hydrogen) atoms. The summed E-state index contributed by atoms with van der Waals surface area (Å²) in [5.41, 5.74) is 5.65. The van der Waals surface area contributed by atoms with E-state index >= 15 is 0 Å². The highest BCUT2D eigenvalue weighted by atomic mass is 35.5. The van der Waals surface area contributed by atoms with Crippen molar-refractivity contribution >= 4 is 34.2 Å². The molecule has 0 aliphatic carbocycles. The second kappa shape index (κ2) is 19.3. The van der Waals surface area contributed by atoms with E-state index in [1.807, 2.05) is 65.4 Å². The molecule has 2 atom stereocenters.